The average Bonchev–Trinajstić information content (AvgIpc) is 3.55. The minimum Gasteiger partial charge on any atom is -0.353 e. The van der Waals surface area contributed by atoms with Crippen molar-refractivity contribution >= 4 is 17.8 Å². The SMILES string of the molecule is CC(F)(F)c1ccc(C[C@H](C(=O)NC[C@@]2(C3CC3)NC(=O)NC2=O)C2CC2)cc1. The number of nitrogens with one attached hydrogen (secondary N) is 3. The molecular formula is C21H25F2N3O3. The van der Waals surface area contributed by atoms with Crippen molar-refractivity contribution in [3.63, 3.8) is 0 Å². The number of carbonyl (C=O) groups is 3. The molecule has 0 radical (unpaired) electrons. The van der Waals surface area contributed by atoms with Gasteiger partial charge in [-0.3, -0.25) is 14.9 Å². The Morgan fingerprint density at radius 1 is 1.21 bits per heavy atom. The molecule has 2 aliphatic carbocycles. The monoisotopic (exact) mass is 405 g/mol. The van der Waals surface area contributed by atoms with E-state index in [-0.39, 0.29) is 41.7 Å². The van der Waals surface area contributed by atoms with E-state index in [0.717, 1.165) is 38.2 Å². The number of hydrogen-bond acceptors (Lipinski definition) is 3. The molecule has 2 atom stereocenters. The van der Waals surface area contributed by atoms with E-state index >= 15 is 0 Å². The predicted octanol–water partition coefficient (Wildman–Crippen LogP) is 2.47. The molecule has 1 saturated heterocycles. The van der Waals surface area contributed by atoms with Crippen LogP contribution in [-0.4, -0.2) is 29.9 Å². The van der Waals surface area contributed by atoms with Gasteiger partial charge < -0.3 is 10.6 Å². The summed E-state index contributed by atoms with van der Waals surface area (Å²) >= 11 is 0. The van der Waals surface area contributed by atoms with Crippen molar-refractivity contribution < 1.29 is 23.2 Å². The van der Waals surface area contributed by atoms with E-state index in [4.69, 9.17) is 0 Å². The van der Waals surface area contributed by atoms with Crippen LogP contribution in [0, 0.1) is 17.8 Å². The molecule has 3 fully saturated rings. The third kappa shape index (κ3) is 4.11. The molecule has 156 valence electrons. The highest BCUT2D eigenvalue weighted by molar-refractivity contribution is 6.07. The van der Waals surface area contributed by atoms with Crippen LogP contribution < -0.4 is 16.0 Å². The van der Waals surface area contributed by atoms with Crippen LogP contribution in [0.2, 0.25) is 0 Å². The highest BCUT2D eigenvalue weighted by Crippen LogP contribution is 2.42. The van der Waals surface area contributed by atoms with E-state index in [2.05, 4.69) is 16.0 Å². The Morgan fingerprint density at radius 3 is 2.34 bits per heavy atom. The van der Waals surface area contributed by atoms with Gasteiger partial charge in [0, 0.05) is 18.4 Å². The van der Waals surface area contributed by atoms with Gasteiger partial charge in [-0.25, -0.2) is 13.6 Å². The topological polar surface area (TPSA) is 87.3 Å². The average molecular weight is 405 g/mol. The van der Waals surface area contributed by atoms with E-state index in [1.807, 2.05) is 0 Å². The molecule has 0 unspecified atom stereocenters. The van der Waals surface area contributed by atoms with E-state index in [9.17, 15) is 23.2 Å². The fourth-order valence-corrected chi connectivity index (χ4v) is 4.15. The maximum absolute atomic E-state index is 13.4. The van der Waals surface area contributed by atoms with Gasteiger partial charge in [-0.1, -0.05) is 24.3 Å². The summed E-state index contributed by atoms with van der Waals surface area (Å²) in [5, 5.41) is 7.86. The fourth-order valence-electron chi connectivity index (χ4n) is 4.15. The molecule has 0 bridgehead atoms. The Morgan fingerprint density at radius 2 is 1.86 bits per heavy atom. The fraction of sp³-hybridized carbons (Fsp3) is 0.571. The predicted molar refractivity (Wildman–Crippen MR) is 101 cm³/mol. The van der Waals surface area contributed by atoms with E-state index in [1.54, 1.807) is 12.1 Å². The van der Waals surface area contributed by atoms with E-state index in [1.165, 1.54) is 12.1 Å². The highest BCUT2D eigenvalue weighted by Gasteiger charge is 2.56. The van der Waals surface area contributed by atoms with E-state index in [0.29, 0.717) is 6.42 Å². The molecule has 3 aliphatic rings. The Balaban J connectivity index is 1.42. The lowest BCUT2D eigenvalue weighted by Crippen LogP contribution is -2.57. The molecule has 1 aliphatic heterocycles. The Kier molecular flexibility index (Phi) is 4.83. The van der Waals surface area contributed by atoms with Gasteiger partial charge in [0.25, 0.3) is 11.8 Å². The van der Waals surface area contributed by atoms with Crippen LogP contribution >= 0.6 is 0 Å². The lowest BCUT2D eigenvalue weighted by atomic mass is 9.90. The van der Waals surface area contributed by atoms with Gasteiger partial charge in [-0.2, -0.15) is 0 Å². The molecule has 29 heavy (non-hydrogen) atoms. The number of imide groups is 1. The molecule has 8 heteroatoms. The van der Waals surface area contributed by atoms with Crippen molar-refractivity contribution in [1.29, 1.82) is 0 Å². The van der Waals surface area contributed by atoms with Gasteiger partial charge >= 0.3 is 6.03 Å². The van der Waals surface area contributed by atoms with Gasteiger partial charge in [0.05, 0.1) is 6.54 Å². The summed E-state index contributed by atoms with van der Waals surface area (Å²) in [6.07, 6.45) is 4.04. The van der Waals surface area contributed by atoms with Crippen molar-refractivity contribution in [1.82, 2.24) is 16.0 Å². The zero-order valence-electron chi connectivity index (χ0n) is 16.3. The number of carbonyl (C=O) groups excluding carboxylic acids is 3. The number of benzene rings is 1. The quantitative estimate of drug-likeness (QED) is 0.581. The smallest absolute Gasteiger partial charge is 0.322 e. The zero-order valence-corrected chi connectivity index (χ0v) is 16.3. The summed E-state index contributed by atoms with van der Waals surface area (Å²) in [6, 6.07) is 5.56. The molecule has 2 saturated carbocycles. The molecule has 0 aromatic heterocycles. The maximum Gasteiger partial charge on any atom is 0.322 e. The molecule has 1 aromatic rings. The van der Waals surface area contributed by atoms with Crippen LogP contribution in [0.5, 0.6) is 0 Å². The zero-order chi connectivity index (χ0) is 20.8. The number of halogens is 2. The van der Waals surface area contributed by atoms with E-state index < -0.39 is 17.5 Å². The molecule has 0 spiro atoms. The van der Waals surface area contributed by atoms with Crippen molar-refractivity contribution in [2.75, 3.05) is 6.54 Å². The summed E-state index contributed by atoms with van der Waals surface area (Å²) in [6.45, 7) is 0.925. The number of rotatable bonds is 8. The van der Waals surface area contributed by atoms with Gasteiger partial charge in [-0.15, -0.1) is 0 Å². The maximum atomic E-state index is 13.4. The highest BCUT2D eigenvalue weighted by atomic mass is 19.3. The van der Waals surface area contributed by atoms with Crippen LogP contribution in [0.3, 0.4) is 0 Å². The van der Waals surface area contributed by atoms with Crippen LogP contribution in [-0.2, 0) is 21.9 Å². The Labute approximate surface area is 167 Å². The molecular weight excluding hydrogens is 380 g/mol. The summed E-state index contributed by atoms with van der Waals surface area (Å²) in [4.78, 5) is 36.9. The van der Waals surface area contributed by atoms with Crippen molar-refractivity contribution in [2.24, 2.45) is 17.8 Å². The standard InChI is InChI=1S/C21H25F2N3O3/c1-20(22,23)14-6-2-12(3-7-14)10-16(13-4-5-13)17(27)24-11-21(15-8-9-15)18(28)25-19(29)26-21/h2-3,6-7,13,15-16H,4-5,8-11H2,1H3,(H,24,27)(H2,25,26,28,29)/t16-,21-/m0/s1. The lowest BCUT2D eigenvalue weighted by molar-refractivity contribution is -0.127. The summed E-state index contributed by atoms with van der Waals surface area (Å²) in [7, 11) is 0. The molecule has 6 nitrogen and oxygen atoms in total. The lowest BCUT2D eigenvalue weighted by Gasteiger charge is -2.27. The second-order valence-corrected chi connectivity index (χ2v) is 8.61. The van der Waals surface area contributed by atoms with Crippen molar-refractivity contribution in [3.05, 3.63) is 35.4 Å². The van der Waals surface area contributed by atoms with Gasteiger partial charge in [-0.05, 0) is 49.5 Å². The Hall–Kier alpha value is -2.51. The number of amides is 4. The first-order valence-corrected chi connectivity index (χ1v) is 10.1. The second-order valence-electron chi connectivity index (χ2n) is 8.61. The first-order valence-electron chi connectivity index (χ1n) is 10.1. The Bertz CT molecular complexity index is 829. The van der Waals surface area contributed by atoms with Crippen molar-refractivity contribution in [3.8, 4) is 0 Å². The normalized spacial score (nSPS) is 25.3. The van der Waals surface area contributed by atoms with Crippen molar-refractivity contribution in [2.45, 2.75) is 50.5 Å². The third-order valence-electron chi connectivity index (χ3n) is 6.23. The van der Waals surface area contributed by atoms with Gasteiger partial charge in [0.2, 0.25) is 5.91 Å². The minimum atomic E-state index is -2.89. The number of urea groups is 1. The van der Waals surface area contributed by atoms with Gasteiger partial charge in [0.15, 0.2) is 0 Å². The number of hydrogen-bond donors (Lipinski definition) is 3. The molecule has 1 heterocycles. The molecule has 3 N–H and O–H groups in total. The molecule has 4 rings (SSSR count). The second kappa shape index (κ2) is 7.07. The summed E-state index contributed by atoms with van der Waals surface area (Å²) < 4.78 is 26.8. The largest absolute Gasteiger partial charge is 0.353 e. The third-order valence-corrected chi connectivity index (χ3v) is 6.23. The van der Waals surface area contributed by atoms with Crippen LogP contribution in [0.4, 0.5) is 13.6 Å². The minimum absolute atomic E-state index is 0.0388. The molecule has 1 aromatic carbocycles. The molecule has 4 amide bonds. The summed E-state index contributed by atoms with van der Waals surface area (Å²) in [5.74, 6) is -3.42. The van der Waals surface area contributed by atoms with Gasteiger partial charge in [0.1, 0.15) is 5.54 Å². The van der Waals surface area contributed by atoms with Crippen LogP contribution in [0.25, 0.3) is 0 Å². The number of alkyl halides is 2. The van der Waals surface area contributed by atoms with Crippen LogP contribution in [0.1, 0.15) is 43.7 Å². The first kappa shape index (κ1) is 19.8. The van der Waals surface area contributed by atoms with Crippen LogP contribution in [0.15, 0.2) is 24.3 Å². The first-order chi connectivity index (χ1) is 13.7. The summed E-state index contributed by atoms with van der Waals surface area (Å²) in [5.41, 5.74) is -0.285.